The van der Waals surface area contributed by atoms with Crippen LogP contribution in [0.15, 0.2) is 0 Å². The Kier molecular flexibility index (Phi) is 16.0. The number of alkyl halides is 6. The summed E-state index contributed by atoms with van der Waals surface area (Å²) < 4.78 is 227. The van der Waals surface area contributed by atoms with E-state index in [0.717, 1.165) is 0 Å². The summed E-state index contributed by atoms with van der Waals surface area (Å²) in [4.78, 5) is 0. The largest absolute Gasteiger partial charge is 0.741 e. The second-order valence-electron chi connectivity index (χ2n) is 4.96. The number of rotatable bonds is 2. The van der Waals surface area contributed by atoms with Gasteiger partial charge in [0.1, 0.15) is 0 Å². The Labute approximate surface area is 196 Å². The van der Waals surface area contributed by atoms with Gasteiger partial charge in [-0.2, -0.15) is 36.9 Å². The molecule has 0 aromatic heterocycles. The van der Waals surface area contributed by atoms with Crippen LogP contribution in [-0.2, 0) is 30.2 Å². The van der Waals surface area contributed by atoms with Crippen LogP contribution < -0.4 is 5.32 Å². The van der Waals surface area contributed by atoms with Crippen molar-refractivity contribution in [2.24, 2.45) is 0 Å². The molecule has 31 heteroatoms. The van der Waals surface area contributed by atoms with E-state index in [0.29, 0.717) is 0 Å². The number of nitriles is 2. The number of hydrogen-bond donors (Lipinski definition) is 1. The van der Waals surface area contributed by atoms with Gasteiger partial charge < -0.3 is 25.9 Å². The van der Waals surface area contributed by atoms with E-state index in [1.807, 2.05) is 0 Å². The molecule has 0 aromatic rings. The Bertz CT molecular complexity index is 1080. The molecule has 1 N–H and O–H groups in total. The van der Waals surface area contributed by atoms with Crippen LogP contribution in [0.3, 0.4) is 0 Å². The van der Waals surface area contributed by atoms with Crippen LogP contribution in [-0.4, -0.2) is 61.0 Å². The van der Waals surface area contributed by atoms with Crippen molar-refractivity contribution in [3.8, 4) is 12.4 Å². The predicted octanol–water partition coefficient (Wildman–Crippen LogP) is 4.19. The molecule has 0 heterocycles. The third-order valence-corrected chi connectivity index (χ3v) is 3.94. The summed E-state index contributed by atoms with van der Waals surface area (Å²) in [6, 6.07) is 0. The SMILES string of the molecule is CS(=O)(=O)[N-]S(=O)(=O)C(F)(F)F.C[P-](F)(F)(F)(F)F.F[B-](F)(F)F.N#CNC#N.O=S(=O)([O-])C(F)(F)F. The minimum atomic E-state index is -9.16. The molecule has 0 aliphatic carbocycles. The second kappa shape index (κ2) is 13.2. The number of sulfonamides is 2. The van der Waals surface area contributed by atoms with Crippen LogP contribution in [0.25, 0.3) is 4.13 Å². The Morgan fingerprint density at radius 3 is 1.00 bits per heavy atom. The van der Waals surface area contributed by atoms with Crippen LogP contribution >= 0.6 is 7.50 Å². The maximum absolute atomic E-state index is 11.4. The molecular weight excluding hydrogens is 663 g/mol. The fraction of sp³-hybridized carbons (Fsp3) is 0.667. The van der Waals surface area contributed by atoms with Crippen molar-refractivity contribution in [2.75, 3.05) is 12.9 Å². The van der Waals surface area contributed by atoms with Crippen LogP contribution in [0.2, 0.25) is 0 Å². The van der Waals surface area contributed by atoms with Gasteiger partial charge in [0.15, 0.2) is 32.5 Å². The summed E-state index contributed by atoms with van der Waals surface area (Å²) in [7, 11) is -31.7. The summed E-state index contributed by atoms with van der Waals surface area (Å²) in [5.74, 6) is 0. The molecule has 11 nitrogen and oxygen atoms in total. The third-order valence-electron chi connectivity index (χ3n) is 0.921. The zero-order valence-electron chi connectivity index (χ0n) is 16.6. The Hall–Kier alpha value is -2.01. The number of halogens is 15. The molecule has 0 amide bonds. The molecule has 0 atom stereocenters. The molecular formula is C6H7BF15N4O7PS3-4. The van der Waals surface area contributed by atoms with Gasteiger partial charge >= 0.3 is 53.4 Å². The molecule has 0 saturated heterocycles. The summed E-state index contributed by atoms with van der Waals surface area (Å²) in [5.41, 5.74) is -11.3. The molecule has 228 valence electrons. The molecule has 0 aromatic carbocycles. The van der Waals surface area contributed by atoms with Crippen molar-refractivity contribution in [2.45, 2.75) is 11.0 Å². The van der Waals surface area contributed by atoms with E-state index in [2.05, 4.69) is 0 Å². The van der Waals surface area contributed by atoms with Gasteiger partial charge in [-0.1, -0.05) is 0 Å². The molecule has 37 heavy (non-hydrogen) atoms. The van der Waals surface area contributed by atoms with Crippen LogP contribution in [0.5, 0.6) is 0 Å². The summed E-state index contributed by atoms with van der Waals surface area (Å²) >= 11 is 0. The first kappa shape index (κ1) is 45.0. The Morgan fingerprint density at radius 1 is 0.784 bits per heavy atom. The predicted molar refractivity (Wildman–Crippen MR) is 91.9 cm³/mol. The molecule has 0 rings (SSSR count). The van der Waals surface area contributed by atoms with Crippen molar-refractivity contribution in [3.05, 3.63) is 4.13 Å². The van der Waals surface area contributed by atoms with Gasteiger partial charge in [0.2, 0.25) is 0 Å². The molecule has 0 aliphatic rings. The van der Waals surface area contributed by atoms with Gasteiger partial charge in [-0.3, -0.25) is 0 Å². The normalized spacial score (nSPS) is 14.3. The molecule has 0 unspecified atom stereocenters. The first-order valence-electron chi connectivity index (χ1n) is 6.59. The molecule has 0 bridgehead atoms. The summed E-state index contributed by atoms with van der Waals surface area (Å²) in [6.07, 6.45) is 3.06. The smallest absolute Gasteiger partial charge is 0.673 e. The minimum absolute atomic E-state index is 0.246. The van der Waals surface area contributed by atoms with Gasteiger partial charge in [0.05, 0.1) is 10.0 Å². The van der Waals surface area contributed by atoms with E-state index in [1.54, 1.807) is 9.44 Å². The maximum atomic E-state index is 11.4. The topological polar surface area (TPSA) is 199 Å². The fourth-order valence-corrected chi connectivity index (χ4v) is 2.01. The molecule has 0 spiro atoms. The average molecular weight is 670 g/mol. The number of hydrogen-bond acceptors (Lipinski definition) is 10. The van der Waals surface area contributed by atoms with Gasteiger partial charge in [0, 0.05) is 6.26 Å². The van der Waals surface area contributed by atoms with E-state index in [4.69, 9.17) is 23.5 Å². The first-order valence-corrected chi connectivity index (χ1v) is 13.9. The van der Waals surface area contributed by atoms with E-state index < -0.39 is 62.6 Å². The molecule has 0 saturated carbocycles. The number of nitrogens with zero attached hydrogens (tertiary/aromatic N) is 3. The van der Waals surface area contributed by atoms with Crippen LogP contribution in [0.4, 0.5) is 64.6 Å². The Balaban J connectivity index is -0.000000121. The van der Waals surface area contributed by atoms with Gasteiger partial charge in [-0.25, -0.2) is 30.6 Å². The van der Waals surface area contributed by atoms with Gasteiger partial charge in [-0.05, 0) is 0 Å². The minimum Gasteiger partial charge on any atom is -0.741 e. The van der Waals surface area contributed by atoms with Crippen molar-refractivity contribution >= 4 is 44.9 Å². The van der Waals surface area contributed by atoms with E-state index in [9.17, 15) is 81.4 Å². The molecule has 0 aliphatic heterocycles. The van der Waals surface area contributed by atoms with E-state index in [-0.39, 0.29) is 6.26 Å². The van der Waals surface area contributed by atoms with Crippen molar-refractivity contribution < 1.29 is 94.4 Å². The number of nitrogens with one attached hydrogen (secondary N) is 1. The van der Waals surface area contributed by atoms with E-state index in [1.165, 1.54) is 12.4 Å². The van der Waals surface area contributed by atoms with Crippen molar-refractivity contribution in [3.63, 3.8) is 0 Å². The second-order valence-corrected chi connectivity index (χ2v) is 12.8. The average Bonchev–Trinajstić information content (AvgIpc) is 2.37. The molecule has 0 radical (unpaired) electrons. The van der Waals surface area contributed by atoms with Crippen molar-refractivity contribution in [1.82, 2.24) is 5.32 Å². The summed E-state index contributed by atoms with van der Waals surface area (Å²) in [5, 5.41) is 16.7. The fourth-order valence-electron chi connectivity index (χ4n) is 0.246. The van der Waals surface area contributed by atoms with E-state index >= 15 is 0 Å². The van der Waals surface area contributed by atoms with Crippen molar-refractivity contribution in [1.29, 1.82) is 10.5 Å². The zero-order chi connectivity index (χ0) is 32.2. The molecule has 0 fully saturated rings. The quantitative estimate of drug-likeness (QED) is 0.0846. The standard InChI is InChI=1S/C2H3F3NO4S2.C2HN3.CH3F5P.CHF3O3S.BF4/c1-11(7,8)6-12(9,10)2(3,4)5;3-1-5-2-4;1-7(2,3,4,5)6;2-1(3,4)8(5,6)7;2-1(3,4)5/h1H3;5H;1H3;(H,5,6,7);/q-1;;-1;;-1/p-1. The zero-order valence-corrected chi connectivity index (χ0v) is 20.0. The first-order chi connectivity index (χ1) is 15.1. The monoisotopic (exact) mass is 670 g/mol. The van der Waals surface area contributed by atoms with Crippen LogP contribution in [0, 0.1) is 22.9 Å². The third kappa shape index (κ3) is 60.4. The van der Waals surface area contributed by atoms with Gasteiger partial charge in [0.25, 0.3) is 0 Å². The van der Waals surface area contributed by atoms with Crippen LogP contribution in [0.1, 0.15) is 0 Å². The van der Waals surface area contributed by atoms with Gasteiger partial charge in [-0.15, -0.1) is 0 Å². The maximum Gasteiger partial charge on any atom is 0.673 e. The summed E-state index contributed by atoms with van der Waals surface area (Å²) in [6.45, 7) is -0.968. The Morgan fingerprint density at radius 2 is 0.973 bits per heavy atom.